The molecule has 0 spiro atoms. The minimum atomic E-state index is -3.45. The second-order valence-corrected chi connectivity index (χ2v) is 37.8. The molecule has 9 aliphatic rings. The molecule has 132 heavy (non-hydrogen) atoms. The van der Waals surface area contributed by atoms with Crippen molar-refractivity contribution < 1.29 is 182 Å². The van der Waals surface area contributed by atoms with E-state index < -0.39 is 232 Å². The number of nitrogens with zero attached hydrogens (tertiary/aromatic N) is 9. The van der Waals surface area contributed by atoms with Crippen molar-refractivity contribution in [1.82, 2.24) is 60.6 Å². The SMILES string of the molecule is COc1ccc2nc3c(nc2c1)O[C@H]1CN(C(=O)[C@H](C(C)(C)C)NC(=O)O[C@@H]2CCC[C@H]2OCCCC3(F)F)[C@H]([C-]=O)[C@@H]1C.COc1ccc2nc3c(nc2c1)O[C@H]1CN(C(=O)[C@H](C(C)(C)C)NC(=O)O[C@@H]2C[C@H]2OCCCC3(F)F)[C@H]([C-]=O)[C@@H]1C.COc1ccc2nc3c(nc2c1)O[C@H]1CN(C(=O)[C@H](C(C)(C)C)NC(=O)O[C@]2(C)C[C@H]2OCCCC3(F)F)[C@H]([C-]=O)[C@@H]1C.[V].[V].[V]. The number of ether oxygens (including phenoxy) is 12. The van der Waals surface area contributed by atoms with Crippen LogP contribution in [0.2, 0.25) is 0 Å². The van der Waals surface area contributed by atoms with Crippen molar-refractivity contribution in [3.63, 3.8) is 0 Å². The third kappa shape index (κ3) is 23.5. The zero-order valence-corrected chi connectivity index (χ0v) is 80.4. The molecule has 18 atom stereocenters. The van der Waals surface area contributed by atoms with Gasteiger partial charge in [-0.1, -0.05) is 101 Å². The third-order valence-electron chi connectivity index (χ3n) is 25.0. The maximum atomic E-state index is 15.9. The molecule has 3 aliphatic carbocycles. The van der Waals surface area contributed by atoms with Crippen LogP contribution in [-0.4, -0.2) is 251 Å². The fraction of sp³-hybridized carbons (Fsp3) is 0.633. The molecular formula is C90H111F6N12O21V3-3. The Bertz CT molecular complexity index is 5200. The van der Waals surface area contributed by atoms with Gasteiger partial charge in [0.2, 0.25) is 35.4 Å². The van der Waals surface area contributed by atoms with Crippen LogP contribution in [0, 0.1) is 34.0 Å². The van der Waals surface area contributed by atoms with Crippen LogP contribution in [0.1, 0.15) is 178 Å². The van der Waals surface area contributed by atoms with Gasteiger partial charge in [0.1, 0.15) is 77.6 Å². The summed E-state index contributed by atoms with van der Waals surface area (Å²) in [5.41, 5.74) is -3.65. The van der Waals surface area contributed by atoms with Crippen molar-refractivity contribution in [1.29, 1.82) is 0 Å². The van der Waals surface area contributed by atoms with Gasteiger partial charge in [0.25, 0.3) is 17.8 Å². The predicted octanol–water partition coefficient (Wildman–Crippen LogP) is 11.7. The molecule has 6 amide bonds. The molecule has 717 valence electrons. The van der Waals surface area contributed by atoms with E-state index in [-0.39, 0.29) is 147 Å². The van der Waals surface area contributed by atoms with Crippen LogP contribution in [0.4, 0.5) is 40.7 Å². The zero-order chi connectivity index (χ0) is 93.5. The van der Waals surface area contributed by atoms with E-state index in [0.29, 0.717) is 42.9 Å². The van der Waals surface area contributed by atoms with Crippen LogP contribution in [0.15, 0.2) is 54.6 Å². The van der Waals surface area contributed by atoms with Crippen molar-refractivity contribution in [2.45, 2.75) is 269 Å². The van der Waals surface area contributed by atoms with Gasteiger partial charge in [-0.3, -0.25) is 14.4 Å². The fourth-order valence-corrected chi connectivity index (χ4v) is 17.0. The maximum absolute atomic E-state index is 15.9. The van der Waals surface area contributed by atoms with Gasteiger partial charge in [0.05, 0.1) is 86.3 Å². The monoisotopic (exact) mass is 1960 g/mol. The normalized spacial score (nSPS) is 29.8. The summed E-state index contributed by atoms with van der Waals surface area (Å²) in [4.78, 5) is 147. The van der Waals surface area contributed by atoms with Crippen LogP contribution >= 0.6 is 0 Å². The molecule has 6 fully saturated rings. The Morgan fingerprint density at radius 3 is 1.06 bits per heavy atom. The van der Waals surface area contributed by atoms with Gasteiger partial charge in [-0.15, -0.1) is 0 Å². The predicted molar refractivity (Wildman–Crippen MR) is 449 cm³/mol. The summed E-state index contributed by atoms with van der Waals surface area (Å²) >= 11 is 0. The van der Waals surface area contributed by atoms with Crippen LogP contribution in [0.5, 0.6) is 34.9 Å². The van der Waals surface area contributed by atoms with Crippen LogP contribution < -0.4 is 44.4 Å². The molecule has 3 saturated heterocycles. The number of hydrogen-bond donors (Lipinski definition) is 3. The molecule has 3 radical (unpaired) electrons. The smallest absolute Gasteiger partial charge is 0.408 e. The largest absolute Gasteiger partial charge is 0.540 e. The number of benzene rings is 3. The van der Waals surface area contributed by atoms with E-state index in [1.54, 1.807) is 132 Å². The Hall–Kier alpha value is -9.08. The number of rotatable bonds is 6. The Morgan fingerprint density at radius 1 is 0.409 bits per heavy atom. The van der Waals surface area contributed by atoms with E-state index in [4.69, 9.17) is 56.8 Å². The molecule has 6 aromatic rings. The Kier molecular flexibility index (Phi) is 33.4. The number of aromatic nitrogens is 6. The molecule has 9 heterocycles. The van der Waals surface area contributed by atoms with Crippen molar-refractivity contribution in [3.8, 4) is 34.9 Å². The quantitative estimate of drug-likeness (QED) is 0.0792. The number of halogens is 6. The van der Waals surface area contributed by atoms with Gasteiger partial charge in [0.15, 0.2) is 17.1 Å². The zero-order valence-electron chi connectivity index (χ0n) is 76.2. The van der Waals surface area contributed by atoms with Gasteiger partial charge in [-0.25, -0.2) is 63.1 Å². The number of methoxy groups -OCH3 is 3. The molecule has 15 rings (SSSR count). The minimum Gasteiger partial charge on any atom is -0.540 e. The van der Waals surface area contributed by atoms with Crippen LogP contribution in [-0.2, 0) is 131 Å². The molecular weight excluding hydrogens is 1850 g/mol. The van der Waals surface area contributed by atoms with Gasteiger partial charge in [-0.05, 0) is 116 Å². The summed E-state index contributed by atoms with van der Waals surface area (Å²) < 4.78 is 163. The second kappa shape index (κ2) is 42.0. The molecule has 3 aromatic carbocycles. The fourth-order valence-electron chi connectivity index (χ4n) is 17.0. The average molecular weight is 1960 g/mol. The summed E-state index contributed by atoms with van der Waals surface area (Å²) in [5, 5.41) is 8.05. The number of alkyl halides is 6. The summed E-state index contributed by atoms with van der Waals surface area (Å²) in [6.07, 6.45) is -0.952. The van der Waals surface area contributed by atoms with E-state index in [2.05, 4.69) is 45.9 Å². The van der Waals surface area contributed by atoms with Crippen molar-refractivity contribution in [2.75, 3.05) is 60.8 Å². The second-order valence-electron chi connectivity index (χ2n) is 37.8. The van der Waals surface area contributed by atoms with Gasteiger partial charge < -0.3 is 102 Å². The summed E-state index contributed by atoms with van der Waals surface area (Å²) in [6.45, 7) is 22.3. The molecule has 3 saturated carbocycles. The number of amides is 6. The molecule has 3 N–H and O–H groups in total. The first-order valence-corrected chi connectivity index (χ1v) is 43.4. The number of alkyl carbamates (subject to hydrolysis) is 3. The molecule has 6 aliphatic heterocycles. The Balaban J connectivity index is 0.000000203. The number of carbonyl (C=O) groups is 6. The van der Waals surface area contributed by atoms with E-state index in [1.807, 2.05) is 18.9 Å². The van der Waals surface area contributed by atoms with Gasteiger partial charge in [-0.2, -0.15) is 26.3 Å². The summed E-state index contributed by atoms with van der Waals surface area (Å²) in [5.74, 6) is -13.7. The van der Waals surface area contributed by atoms with Crippen LogP contribution in [0.25, 0.3) is 33.1 Å². The first-order valence-electron chi connectivity index (χ1n) is 43.4. The molecule has 3 aromatic heterocycles. The topological polar surface area (TPSA) is 388 Å². The molecule has 42 heteroatoms. The van der Waals surface area contributed by atoms with E-state index in [1.165, 1.54) is 48.2 Å². The summed E-state index contributed by atoms with van der Waals surface area (Å²) in [7, 11) is 4.42. The maximum Gasteiger partial charge on any atom is 0.408 e. The van der Waals surface area contributed by atoms with E-state index in [9.17, 15) is 43.2 Å². The molecule has 33 nitrogen and oxygen atoms in total. The third-order valence-corrected chi connectivity index (χ3v) is 25.0. The molecule has 6 bridgehead atoms. The Labute approximate surface area is 796 Å². The van der Waals surface area contributed by atoms with Crippen molar-refractivity contribution in [3.05, 3.63) is 71.7 Å². The van der Waals surface area contributed by atoms with Crippen LogP contribution in [0.3, 0.4) is 0 Å². The number of fused-ring (bicyclic) bond motifs is 15. The van der Waals surface area contributed by atoms with E-state index >= 15 is 26.3 Å². The van der Waals surface area contributed by atoms with E-state index in [0.717, 1.165) is 6.42 Å². The van der Waals surface area contributed by atoms with Crippen molar-refractivity contribution in [2.24, 2.45) is 34.0 Å². The van der Waals surface area contributed by atoms with Gasteiger partial charge >= 0.3 is 18.3 Å². The standard InChI is InChI=1S/C31H39F2N4O7.C30H37F2N4O7.C29H35F2N4O7.3V/c1-17-21(16-38)37-15-24(17)43-27-25(34-19-11-10-18(41-5)14-20(19)35-27)31(32,33)12-7-13-42-22-8-6-9-23(22)44-29(40)36-26(28(37)39)30(2,3)4;1-16-20(15-37)36-14-21(16)42-25-23(33-18-9-8-17(40-6)12-19(18)34-25)30(31,32)10-7-11-41-22-13-29(22,5)43-27(39)35-24(26(36)38)28(2,3)4;1-15-19(14-36)35-13-22(15)41-25-23(32-17-8-7-16(39-5)11-18(17)33-25)29(30,31)9-6-10-40-20-12-21(20)42-27(38)34-24(26(35)37)28(2,3)4;;;/h10-11,14,17,21-24,26H,6-9,12-13,15H2,1-5H3,(H,36,40);8-9,12,16,20-22,24H,7,10-11,13-14H2,1-6H3,(H,35,39);7-8,11,15,19-22,24H,6,9-10,12-13H2,1-5H3,(H,34,38);;;/q3*-1;;;/t17-,21+,22+,23+,24-,26+;16-,20+,21-,22+,24+,29+;15-,19+,20+,21+,22-,24+;;;/m000.../s1. The first-order chi connectivity index (χ1) is 60.8. The number of hydrogen-bond acceptors (Lipinski definition) is 27. The number of carbonyl (C=O) groups excluding carboxylic acids is 9. The number of nitrogens with one attached hydrogen (secondary N) is 3. The van der Waals surface area contributed by atoms with Crippen molar-refractivity contribution >= 4 is 88.0 Å². The average Bonchev–Trinajstić information content (AvgIpc) is 1.54. The van der Waals surface area contributed by atoms with Gasteiger partial charge in [0, 0.05) is 126 Å². The minimum absolute atomic E-state index is 0. The summed E-state index contributed by atoms with van der Waals surface area (Å²) in [6, 6.07) is 7.76. The molecule has 0 unspecified atom stereocenters. The first kappa shape index (κ1) is 105. The Morgan fingerprint density at radius 2 is 0.727 bits per heavy atom.